The summed E-state index contributed by atoms with van der Waals surface area (Å²) in [5.74, 6) is 1.61. The summed E-state index contributed by atoms with van der Waals surface area (Å²) >= 11 is 0. The number of rotatable bonds is 14. The highest BCUT2D eigenvalue weighted by atomic mass is 16.5. The van der Waals surface area contributed by atoms with Gasteiger partial charge >= 0.3 is 0 Å². The molecule has 0 radical (unpaired) electrons. The number of aromatic nitrogens is 4. The molecule has 33 heavy (non-hydrogen) atoms. The normalized spacial score (nSPS) is 14.9. The summed E-state index contributed by atoms with van der Waals surface area (Å²) in [6.07, 6.45) is 4.48. The van der Waals surface area contributed by atoms with Crippen molar-refractivity contribution in [3.8, 4) is 0 Å². The lowest BCUT2D eigenvalue weighted by atomic mass is 10.3. The van der Waals surface area contributed by atoms with Crippen LogP contribution in [0.15, 0.2) is 24.5 Å². The summed E-state index contributed by atoms with van der Waals surface area (Å²) in [6.45, 7) is 8.81. The first kappa shape index (κ1) is 25.0. The van der Waals surface area contributed by atoms with E-state index in [0.717, 1.165) is 51.4 Å². The molecule has 1 saturated heterocycles. The summed E-state index contributed by atoms with van der Waals surface area (Å²) in [6, 6.07) is 3.75. The molecule has 0 saturated carbocycles. The topological polar surface area (TPSA) is 104 Å². The summed E-state index contributed by atoms with van der Waals surface area (Å²) in [4.78, 5) is 24.9. The quantitative estimate of drug-likeness (QED) is 0.398. The number of methoxy groups -OCH3 is 2. The van der Waals surface area contributed by atoms with Crippen LogP contribution >= 0.6 is 0 Å². The van der Waals surface area contributed by atoms with Crippen LogP contribution in [0.25, 0.3) is 0 Å². The number of piperazine rings is 1. The number of hydrogen-bond acceptors (Lipinski definition) is 11. The van der Waals surface area contributed by atoms with Crippen molar-refractivity contribution >= 4 is 23.5 Å². The standard InChI is InChI=1S/C22H37N9O2/c1-29-11-13-30(14-12-29)10-4-7-24-20-26-21(25-19-5-8-23-9-6-19)28-22(27-20)31(15-17-32-2)16-18-33-3/h5-6,8-9H,4,7,10-18H2,1-3H3,(H2,23,24,25,26,27,28). The Morgan fingerprint density at radius 3 is 2.27 bits per heavy atom. The predicted octanol–water partition coefficient (Wildman–Crippen LogP) is 1.16. The average molecular weight is 460 g/mol. The van der Waals surface area contributed by atoms with Gasteiger partial charge in [0.15, 0.2) is 0 Å². The zero-order valence-electron chi connectivity index (χ0n) is 20.0. The Labute approximate surface area is 196 Å². The van der Waals surface area contributed by atoms with E-state index in [1.165, 1.54) is 0 Å². The van der Waals surface area contributed by atoms with Gasteiger partial charge < -0.3 is 34.8 Å². The van der Waals surface area contributed by atoms with Crippen molar-refractivity contribution in [2.24, 2.45) is 0 Å². The molecule has 182 valence electrons. The predicted molar refractivity (Wildman–Crippen MR) is 130 cm³/mol. The molecule has 3 rings (SSSR count). The number of ether oxygens (including phenoxy) is 2. The molecule has 0 aromatic carbocycles. The molecule has 2 aromatic heterocycles. The molecule has 0 spiro atoms. The van der Waals surface area contributed by atoms with E-state index in [2.05, 4.69) is 47.4 Å². The first-order valence-corrected chi connectivity index (χ1v) is 11.5. The van der Waals surface area contributed by atoms with Crippen LogP contribution in [-0.2, 0) is 9.47 Å². The SMILES string of the molecule is COCCN(CCOC)c1nc(NCCCN2CCN(C)CC2)nc(Nc2ccncc2)n1. The lowest BCUT2D eigenvalue weighted by Crippen LogP contribution is -2.44. The Hall–Kier alpha value is -2.60. The Morgan fingerprint density at radius 1 is 0.939 bits per heavy atom. The number of pyridine rings is 1. The summed E-state index contributed by atoms with van der Waals surface area (Å²) in [5, 5.41) is 6.64. The van der Waals surface area contributed by atoms with Gasteiger partial charge in [0, 0.05) is 78.1 Å². The van der Waals surface area contributed by atoms with E-state index in [9.17, 15) is 0 Å². The van der Waals surface area contributed by atoms with E-state index in [4.69, 9.17) is 9.47 Å². The molecule has 3 heterocycles. The van der Waals surface area contributed by atoms with Crippen molar-refractivity contribution in [1.29, 1.82) is 0 Å². The van der Waals surface area contributed by atoms with Crippen LogP contribution < -0.4 is 15.5 Å². The van der Waals surface area contributed by atoms with Crippen molar-refractivity contribution in [3.63, 3.8) is 0 Å². The minimum Gasteiger partial charge on any atom is -0.383 e. The van der Waals surface area contributed by atoms with Crippen molar-refractivity contribution < 1.29 is 9.47 Å². The van der Waals surface area contributed by atoms with Crippen LogP contribution in [0.4, 0.5) is 23.5 Å². The highest BCUT2D eigenvalue weighted by Gasteiger charge is 2.15. The number of anilines is 4. The fourth-order valence-corrected chi connectivity index (χ4v) is 3.49. The maximum atomic E-state index is 5.27. The van der Waals surface area contributed by atoms with Gasteiger partial charge in [-0.3, -0.25) is 4.98 Å². The van der Waals surface area contributed by atoms with E-state index in [1.54, 1.807) is 26.6 Å². The minimum absolute atomic E-state index is 0.479. The fourth-order valence-electron chi connectivity index (χ4n) is 3.49. The Balaban J connectivity index is 1.67. The highest BCUT2D eigenvalue weighted by molar-refractivity contribution is 5.55. The molecule has 11 nitrogen and oxygen atoms in total. The maximum absolute atomic E-state index is 5.27. The molecule has 0 aliphatic carbocycles. The second kappa shape index (κ2) is 13.8. The Morgan fingerprint density at radius 2 is 1.61 bits per heavy atom. The number of hydrogen-bond donors (Lipinski definition) is 2. The molecule has 0 unspecified atom stereocenters. The molecule has 0 amide bonds. The van der Waals surface area contributed by atoms with Gasteiger partial charge in [-0.1, -0.05) is 0 Å². The largest absolute Gasteiger partial charge is 0.383 e. The van der Waals surface area contributed by atoms with Gasteiger partial charge in [0.1, 0.15) is 0 Å². The molecule has 0 atom stereocenters. The van der Waals surface area contributed by atoms with E-state index in [1.807, 2.05) is 17.0 Å². The molecule has 1 aliphatic rings. The molecular formula is C22H37N9O2. The van der Waals surface area contributed by atoms with Gasteiger partial charge in [0.25, 0.3) is 0 Å². The minimum atomic E-state index is 0.479. The van der Waals surface area contributed by atoms with Gasteiger partial charge in [0.05, 0.1) is 13.2 Å². The molecule has 0 bridgehead atoms. The van der Waals surface area contributed by atoms with E-state index >= 15 is 0 Å². The third kappa shape index (κ3) is 8.69. The Kier molecular flexibility index (Phi) is 10.5. The fraction of sp³-hybridized carbons (Fsp3) is 0.636. The number of nitrogens with one attached hydrogen (secondary N) is 2. The first-order valence-electron chi connectivity index (χ1n) is 11.5. The molecule has 1 fully saturated rings. The maximum Gasteiger partial charge on any atom is 0.233 e. The second-order valence-corrected chi connectivity index (χ2v) is 8.04. The summed E-state index contributed by atoms with van der Waals surface area (Å²) in [7, 11) is 5.55. The first-order chi connectivity index (χ1) is 16.2. The third-order valence-electron chi connectivity index (χ3n) is 5.50. The number of likely N-dealkylation sites (N-methyl/N-ethyl adjacent to an activating group) is 1. The van der Waals surface area contributed by atoms with Gasteiger partial charge in [0.2, 0.25) is 17.8 Å². The van der Waals surface area contributed by atoms with Crippen LogP contribution in [-0.4, -0.2) is 117 Å². The zero-order valence-corrected chi connectivity index (χ0v) is 20.0. The van der Waals surface area contributed by atoms with Crippen molar-refractivity contribution in [1.82, 2.24) is 29.7 Å². The monoisotopic (exact) mass is 459 g/mol. The summed E-state index contributed by atoms with van der Waals surface area (Å²) < 4.78 is 10.5. The lowest BCUT2D eigenvalue weighted by Gasteiger charge is -2.32. The van der Waals surface area contributed by atoms with Crippen LogP contribution in [0.2, 0.25) is 0 Å². The van der Waals surface area contributed by atoms with Crippen molar-refractivity contribution in [2.45, 2.75) is 6.42 Å². The van der Waals surface area contributed by atoms with Crippen LogP contribution in [0.1, 0.15) is 6.42 Å². The molecule has 11 heteroatoms. The molecule has 1 aliphatic heterocycles. The van der Waals surface area contributed by atoms with Crippen molar-refractivity contribution in [2.75, 3.05) is 102 Å². The number of nitrogens with zero attached hydrogens (tertiary/aromatic N) is 7. The van der Waals surface area contributed by atoms with Gasteiger partial charge in [-0.25, -0.2) is 0 Å². The average Bonchev–Trinajstić information content (AvgIpc) is 2.83. The van der Waals surface area contributed by atoms with E-state index in [0.29, 0.717) is 44.1 Å². The van der Waals surface area contributed by atoms with E-state index in [-0.39, 0.29) is 0 Å². The molecular weight excluding hydrogens is 422 g/mol. The molecule has 2 N–H and O–H groups in total. The Bertz CT molecular complexity index is 796. The zero-order chi connectivity index (χ0) is 23.3. The van der Waals surface area contributed by atoms with Crippen LogP contribution in [0, 0.1) is 0 Å². The van der Waals surface area contributed by atoms with Crippen LogP contribution in [0.3, 0.4) is 0 Å². The molecule has 2 aromatic rings. The van der Waals surface area contributed by atoms with Gasteiger partial charge in [-0.2, -0.15) is 15.0 Å². The second-order valence-electron chi connectivity index (χ2n) is 8.04. The van der Waals surface area contributed by atoms with Gasteiger partial charge in [-0.05, 0) is 32.1 Å². The van der Waals surface area contributed by atoms with E-state index < -0.39 is 0 Å². The smallest absolute Gasteiger partial charge is 0.233 e. The lowest BCUT2D eigenvalue weighted by molar-refractivity contribution is 0.154. The summed E-state index contributed by atoms with van der Waals surface area (Å²) in [5.41, 5.74) is 0.864. The van der Waals surface area contributed by atoms with Gasteiger partial charge in [-0.15, -0.1) is 0 Å². The van der Waals surface area contributed by atoms with Crippen LogP contribution in [0.5, 0.6) is 0 Å². The third-order valence-corrected chi connectivity index (χ3v) is 5.50. The van der Waals surface area contributed by atoms with Crippen molar-refractivity contribution in [3.05, 3.63) is 24.5 Å². The highest BCUT2D eigenvalue weighted by Crippen LogP contribution is 2.17.